The molecule has 1 aliphatic heterocycles. The Hall–Kier alpha value is 1.34. The van der Waals surface area contributed by atoms with Crippen LogP contribution in [0, 0.1) is 17.8 Å². The number of aliphatic hydroxyl groups excluding tert-OH is 1. The van der Waals surface area contributed by atoms with E-state index >= 15 is 0 Å². The van der Waals surface area contributed by atoms with Gasteiger partial charge in [-0.1, -0.05) is 20.8 Å². The van der Waals surface area contributed by atoms with Crippen molar-refractivity contribution in [1.82, 2.24) is 0 Å². The minimum Gasteiger partial charge on any atom is -0.394 e. The summed E-state index contributed by atoms with van der Waals surface area (Å²) < 4.78 is 10.8. The van der Waals surface area contributed by atoms with Gasteiger partial charge in [-0.15, -0.1) is 0 Å². The molecule has 1 fully saturated rings. The molecule has 1 saturated heterocycles. The Morgan fingerprint density at radius 2 is 1.67 bits per heavy atom. The van der Waals surface area contributed by atoms with Gasteiger partial charge in [0, 0.05) is 50.3 Å². The number of methoxy groups -OCH3 is 1. The number of aliphatic hydroxyl groups is 1. The van der Waals surface area contributed by atoms with Gasteiger partial charge >= 0.3 is 0 Å². The fraction of sp³-hybridized carbons (Fsp3) is 1.00. The van der Waals surface area contributed by atoms with E-state index in [2.05, 4.69) is 58.0 Å². The maximum Gasteiger partial charge on any atom is 0.160 e. The van der Waals surface area contributed by atoms with Gasteiger partial charge in [0.2, 0.25) is 0 Å². The van der Waals surface area contributed by atoms with Crippen molar-refractivity contribution in [3.8, 4) is 0 Å². The van der Waals surface area contributed by atoms with Crippen molar-refractivity contribution in [2.45, 2.75) is 33.2 Å². The average Bonchev–Trinajstić information content (AvgIpc) is 2.29. The Labute approximate surface area is 116 Å². The van der Waals surface area contributed by atoms with Gasteiger partial charge in [0.15, 0.2) is 6.29 Å². The molecule has 0 saturated carbocycles. The Bertz CT molecular complexity index is 149. The van der Waals surface area contributed by atoms with E-state index in [0.717, 1.165) is 0 Å². The van der Waals surface area contributed by atoms with Gasteiger partial charge in [0.1, 0.15) is 0 Å². The van der Waals surface area contributed by atoms with Crippen LogP contribution in [-0.2, 0) is 9.47 Å². The van der Waals surface area contributed by atoms with Crippen molar-refractivity contribution in [2.75, 3.05) is 13.7 Å². The molecular weight excluding hydrogens is 422 g/mol. The van der Waals surface area contributed by atoms with E-state index in [1.54, 1.807) is 7.11 Å². The minimum absolute atomic E-state index is 0.0730. The Morgan fingerprint density at radius 3 is 2.07 bits per heavy atom. The van der Waals surface area contributed by atoms with Crippen LogP contribution in [0.4, 0.5) is 0 Å². The van der Waals surface area contributed by atoms with Crippen molar-refractivity contribution in [1.29, 1.82) is 0 Å². The first-order valence-electron chi connectivity index (χ1n) is 5.05. The van der Waals surface area contributed by atoms with Gasteiger partial charge in [-0.2, -0.15) is 0 Å². The molecule has 3 nitrogen and oxygen atoms in total. The monoisotopic (exact) mass is 442 g/mol. The topological polar surface area (TPSA) is 38.7 Å². The Balaban J connectivity index is 0.000000921. The number of hydrogen-bond donors (Lipinski definition) is 1. The minimum atomic E-state index is -0.164. The van der Waals surface area contributed by atoms with Crippen LogP contribution >= 0.6 is 37.2 Å². The molecule has 0 radical (unpaired) electrons. The standard InChI is InChI=1S/C10H20O3.I2/c1-6-7(2)9(5-11)13-10(12-4)8(6)3;1-2/h6-11H,5H2,1-4H3;/t6-,7-,8?,9?,10-;/m0./s1. The molecule has 0 spiro atoms. The summed E-state index contributed by atoms with van der Waals surface area (Å²) in [6.07, 6.45) is -0.237. The van der Waals surface area contributed by atoms with Crippen LogP contribution in [0.3, 0.4) is 0 Å². The van der Waals surface area contributed by atoms with Crippen molar-refractivity contribution < 1.29 is 14.6 Å². The van der Waals surface area contributed by atoms with Crippen LogP contribution in [0.5, 0.6) is 0 Å². The van der Waals surface area contributed by atoms with Crippen LogP contribution in [0.2, 0.25) is 0 Å². The van der Waals surface area contributed by atoms with Gasteiger partial charge in [0.05, 0.1) is 12.7 Å². The lowest BCUT2D eigenvalue weighted by Gasteiger charge is -2.42. The van der Waals surface area contributed by atoms with Gasteiger partial charge in [-0.3, -0.25) is 0 Å². The van der Waals surface area contributed by atoms with Gasteiger partial charge in [0.25, 0.3) is 0 Å². The van der Waals surface area contributed by atoms with E-state index in [-0.39, 0.29) is 19.0 Å². The number of rotatable bonds is 2. The lowest BCUT2D eigenvalue weighted by Crippen LogP contribution is -2.46. The summed E-state index contributed by atoms with van der Waals surface area (Å²) in [5, 5.41) is 9.10. The molecule has 1 aliphatic rings. The molecule has 2 unspecified atom stereocenters. The number of halogens is 2. The van der Waals surface area contributed by atoms with Gasteiger partial charge in [-0.05, 0) is 11.8 Å². The Morgan fingerprint density at radius 1 is 1.13 bits per heavy atom. The second-order valence-corrected chi connectivity index (χ2v) is 4.04. The molecule has 5 heteroatoms. The zero-order valence-electron chi connectivity index (χ0n) is 9.61. The smallest absolute Gasteiger partial charge is 0.160 e. The van der Waals surface area contributed by atoms with Gasteiger partial charge < -0.3 is 14.6 Å². The van der Waals surface area contributed by atoms with E-state index in [1.165, 1.54) is 0 Å². The third-order valence-corrected chi connectivity index (χ3v) is 3.40. The molecule has 1 N–H and O–H groups in total. The first kappa shape index (κ1) is 16.3. The SMILES string of the molecule is CO[C@H]1OC(CO)[C@@H](C)[C@H](C)C1C.II. The molecule has 92 valence electrons. The highest BCUT2D eigenvalue weighted by molar-refractivity contribution is 15.0. The zero-order valence-corrected chi connectivity index (χ0v) is 13.9. The molecule has 15 heavy (non-hydrogen) atoms. The first-order valence-corrected chi connectivity index (χ1v) is 11.3. The molecule has 1 heterocycles. The molecule has 0 aliphatic carbocycles. The summed E-state index contributed by atoms with van der Waals surface area (Å²) >= 11 is 4.24. The highest BCUT2D eigenvalue weighted by Gasteiger charge is 2.38. The molecule has 0 bridgehead atoms. The predicted octanol–water partition coefficient (Wildman–Crippen LogP) is 3.03. The van der Waals surface area contributed by atoms with Gasteiger partial charge in [-0.25, -0.2) is 0 Å². The molecule has 0 aromatic carbocycles. The highest BCUT2D eigenvalue weighted by Crippen LogP contribution is 2.34. The summed E-state index contributed by atoms with van der Waals surface area (Å²) in [6, 6.07) is 0. The number of ether oxygens (including phenoxy) is 2. The molecule has 0 aromatic heterocycles. The van der Waals surface area contributed by atoms with Crippen molar-refractivity contribution in [3.63, 3.8) is 0 Å². The fourth-order valence-corrected chi connectivity index (χ4v) is 1.96. The molecule has 5 atom stereocenters. The lowest BCUT2D eigenvalue weighted by atomic mass is 9.79. The average molecular weight is 442 g/mol. The quantitative estimate of drug-likeness (QED) is 0.669. The number of hydrogen-bond acceptors (Lipinski definition) is 3. The summed E-state index contributed by atoms with van der Waals surface area (Å²) in [5.41, 5.74) is 0. The summed E-state index contributed by atoms with van der Waals surface area (Å²) in [4.78, 5) is 0. The first-order chi connectivity index (χ1) is 7.11. The maximum absolute atomic E-state index is 9.10. The van der Waals surface area contributed by atoms with E-state index in [4.69, 9.17) is 14.6 Å². The van der Waals surface area contributed by atoms with Crippen molar-refractivity contribution in [2.24, 2.45) is 17.8 Å². The van der Waals surface area contributed by atoms with E-state index < -0.39 is 0 Å². The molecular formula is C10H20I2O3. The molecule has 1 rings (SSSR count). The summed E-state index contributed by atoms with van der Waals surface area (Å²) in [5.74, 6) is 1.31. The van der Waals surface area contributed by atoms with Crippen molar-refractivity contribution >= 4 is 37.2 Å². The normalized spacial score (nSPS) is 40.6. The van der Waals surface area contributed by atoms with Crippen LogP contribution in [0.1, 0.15) is 20.8 Å². The summed E-state index contributed by atoms with van der Waals surface area (Å²) in [6.45, 7) is 6.52. The van der Waals surface area contributed by atoms with E-state index in [0.29, 0.717) is 17.8 Å². The molecule has 0 aromatic rings. The predicted molar refractivity (Wildman–Crippen MR) is 78.3 cm³/mol. The van der Waals surface area contributed by atoms with E-state index in [1.807, 2.05) is 0 Å². The third kappa shape index (κ3) is 4.25. The Kier molecular flexibility index (Phi) is 9.19. The largest absolute Gasteiger partial charge is 0.394 e. The lowest BCUT2D eigenvalue weighted by molar-refractivity contribution is -0.244. The second-order valence-electron chi connectivity index (χ2n) is 4.04. The fourth-order valence-electron chi connectivity index (χ4n) is 1.96. The van der Waals surface area contributed by atoms with E-state index in [9.17, 15) is 0 Å². The van der Waals surface area contributed by atoms with Crippen LogP contribution < -0.4 is 0 Å². The maximum atomic E-state index is 9.10. The summed E-state index contributed by atoms with van der Waals surface area (Å²) in [7, 11) is 1.65. The van der Waals surface area contributed by atoms with Crippen molar-refractivity contribution in [3.05, 3.63) is 0 Å². The molecule has 0 amide bonds. The van der Waals surface area contributed by atoms with Crippen LogP contribution in [0.25, 0.3) is 0 Å². The van der Waals surface area contributed by atoms with Crippen LogP contribution in [0.15, 0.2) is 0 Å². The second kappa shape index (κ2) is 8.43. The van der Waals surface area contributed by atoms with Crippen LogP contribution in [-0.4, -0.2) is 31.2 Å². The highest BCUT2D eigenvalue weighted by atomic mass is 128. The third-order valence-electron chi connectivity index (χ3n) is 3.40. The zero-order chi connectivity index (χ0) is 12.0.